The summed E-state index contributed by atoms with van der Waals surface area (Å²) in [6.45, 7) is 1.08. The third-order valence-electron chi connectivity index (χ3n) is 0. The number of rotatable bonds is 0. The Morgan fingerprint density at radius 1 is 1.25 bits per heavy atom. The summed E-state index contributed by atoms with van der Waals surface area (Å²) in [7, 11) is 0. The summed E-state index contributed by atoms with van der Waals surface area (Å²) >= 11 is 0. The molecule has 0 aliphatic heterocycles. The normalized spacial score (nSPS) is 3.12. The third kappa shape index (κ3) is 9220. The van der Waals surface area contributed by atoms with Gasteiger partial charge in [0.05, 0.1) is 0 Å². The van der Waals surface area contributed by atoms with Gasteiger partial charge in [0, 0.05) is 27.3 Å². The Bertz CT molecular complexity index is 33.4. The van der Waals surface area contributed by atoms with Gasteiger partial charge in [-0.05, 0) is 0 Å². The molecule has 58 valence electrons. The van der Waals surface area contributed by atoms with E-state index in [0.717, 1.165) is 6.92 Å². The first-order chi connectivity index (χ1) is 1.73. The van der Waals surface area contributed by atoms with Crippen LogP contribution in [0.2, 0.25) is 0 Å². The largest absolute Gasteiger partial charge is 0.481 e. The molecule has 3 heteroatoms. The molecule has 2 nitrogen and oxygen atoms in total. The Balaban J connectivity index is -0.00000000750. The molecule has 0 spiro atoms. The van der Waals surface area contributed by atoms with Gasteiger partial charge in [0.1, 0.15) is 0 Å². The van der Waals surface area contributed by atoms with Gasteiger partial charge < -0.3 is 27.4 Å². The SMILES string of the molecule is CC(=O)O.[CH3-].[CH3-].[CH3-].[Pd]. The van der Waals surface area contributed by atoms with Gasteiger partial charge in [-0.25, -0.2) is 0 Å². The van der Waals surface area contributed by atoms with Gasteiger partial charge >= 0.3 is 0 Å². The molecule has 0 aromatic carbocycles. The minimum absolute atomic E-state index is 0. The molecule has 1 N–H and O–H groups in total. The van der Waals surface area contributed by atoms with Gasteiger partial charge in [0.15, 0.2) is 0 Å². The molecule has 0 aromatic heterocycles. The molecule has 8 heavy (non-hydrogen) atoms. The minimum Gasteiger partial charge on any atom is -0.481 e. The molecule has 0 fully saturated rings. The molecule has 0 aliphatic rings. The molecule has 0 aromatic rings. The molecule has 0 heterocycles. The zero-order chi connectivity index (χ0) is 3.58. The van der Waals surface area contributed by atoms with E-state index in [1.807, 2.05) is 0 Å². The third-order valence-corrected chi connectivity index (χ3v) is 0. The Labute approximate surface area is 66.0 Å². The first-order valence-electron chi connectivity index (χ1n) is 0.928. The summed E-state index contributed by atoms with van der Waals surface area (Å²) in [6, 6.07) is 0. The average Bonchev–Trinajstić information content (AvgIpc) is 0.811. The molecule has 0 atom stereocenters. The van der Waals surface area contributed by atoms with E-state index >= 15 is 0 Å². The zero-order valence-electron chi connectivity index (χ0n) is 5.67. The van der Waals surface area contributed by atoms with Crippen LogP contribution in [0.25, 0.3) is 0 Å². The Hall–Kier alpha value is 0.132. The number of hydrogen-bond donors (Lipinski definition) is 1. The Morgan fingerprint density at radius 3 is 1.25 bits per heavy atom. The van der Waals surface area contributed by atoms with Crippen molar-refractivity contribution >= 4 is 5.97 Å². The Kier molecular flexibility index (Phi) is 144. The molecule has 0 amide bonds. The van der Waals surface area contributed by atoms with E-state index in [0.29, 0.717) is 0 Å². The van der Waals surface area contributed by atoms with Gasteiger partial charge in [0.2, 0.25) is 0 Å². The number of carboxylic acid groups (broad SMARTS) is 1. The first kappa shape index (κ1) is 42.2. The maximum atomic E-state index is 9.00. The second kappa shape index (κ2) is 27.3. The Morgan fingerprint density at radius 2 is 1.25 bits per heavy atom. The van der Waals surface area contributed by atoms with Crippen LogP contribution in [0.4, 0.5) is 0 Å². The van der Waals surface area contributed by atoms with Crippen molar-refractivity contribution in [2.24, 2.45) is 0 Å². The van der Waals surface area contributed by atoms with Crippen molar-refractivity contribution in [1.29, 1.82) is 0 Å². The van der Waals surface area contributed by atoms with E-state index in [2.05, 4.69) is 0 Å². The molecule has 0 rings (SSSR count). The summed E-state index contributed by atoms with van der Waals surface area (Å²) in [5, 5.41) is 7.42. The predicted octanol–water partition coefficient (Wildman–Crippen LogP) is 1.44. The van der Waals surface area contributed by atoms with E-state index in [1.54, 1.807) is 0 Å². The van der Waals surface area contributed by atoms with Crippen LogP contribution in [-0.2, 0) is 25.2 Å². The molecule has 0 saturated heterocycles. The second-order valence-electron chi connectivity index (χ2n) is 0.519. The van der Waals surface area contributed by atoms with Crippen LogP contribution in [0.5, 0.6) is 0 Å². The summed E-state index contributed by atoms with van der Waals surface area (Å²) < 4.78 is 0. The van der Waals surface area contributed by atoms with Gasteiger partial charge in [-0.15, -0.1) is 0 Å². The van der Waals surface area contributed by atoms with E-state index in [-0.39, 0.29) is 42.7 Å². The predicted molar refractivity (Wildman–Crippen MR) is 32.6 cm³/mol. The number of carboxylic acids is 1. The molecular formula is C5H13O2Pd-3. The van der Waals surface area contributed by atoms with Crippen LogP contribution < -0.4 is 0 Å². The summed E-state index contributed by atoms with van der Waals surface area (Å²) in [6.07, 6.45) is 0. The summed E-state index contributed by atoms with van der Waals surface area (Å²) in [5.41, 5.74) is 0. The van der Waals surface area contributed by atoms with E-state index in [4.69, 9.17) is 9.90 Å². The average molecular weight is 212 g/mol. The zero-order valence-corrected chi connectivity index (χ0v) is 7.23. The van der Waals surface area contributed by atoms with Crippen LogP contribution in [0.3, 0.4) is 0 Å². The van der Waals surface area contributed by atoms with Crippen LogP contribution in [0, 0.1) is 22.3 Å². The quantitative estimate of drug-likeness (QED) is 0.486. The van der Waals surface area contributed by atoms with Gasteiger partial charge in [-0.2, -0.15) is 0 Å². The van der Waals surface area contributed by atoms with Crippen molar-refractivity contribution < 1.29 is 30.3 Å². The van der Waals surface area contributed by atoms with Crippen molar-refractivity contribution in [1.82, 2.24) is 0 Å². The number of aliphatic carboxylic acids is 1. The standard InChI is InChI=1S/C2H4O2.3CH3.Pd/c1-2(3)4;;;;/h1H3,(H,3,4);3*1H3;/q;3*-1;. The van der Waals surface area contributed by atoms with E-state index in [1.165, 1.54) is 0 Å². The van der Waals surface area contributed by atoms with Crippen molar-refractivity contribution in [2.45, 2.75) is 6.92 Å². The van der Waals surface area contributed by atoms with Crippen LogP contribution in [0.1, 0.15) is 6.92 Å². The second-order valence-corrected chi connectivity index (χ2v) is 0.519. The molecule has 0 bridgehead atoms. The summed E-state index contributed by atoms with van der Waals surface area (Å²) in [4.78, 5) is 9.00. The van der Waals surface area contributed by atoms with Crippen molar-refractivity contribution in [2.75, 3.05) is 0 Å². The van der Waals surface area contributed by atoms with Crippen LogP contribution >= 0.6 is 0 Å². The molecule has 0 unspecified atom stereocenters. The molecular weight excluding hydrogens is 198 g/mol. The topological polar surface area (TPSA) is 37.3 Å². The van der Waals surface area contributed by atoms with Crippen molar-refractivity contribution in [3.8, 4) is 0 Å². The van der Waals surface area contributed by atoms with E-state index in [9.17, 15) is 0 Å². The van der Waals surface area contributed by atoms with Gasteiger partial charge in [-0.1, -0.05) is 0 Å². The fourth-order valence-corrected chi connectivity index (χ4v) is 0. The number of carbonyl (C=O) groups is 1. The van der Waals surface area contributed by atoms with Crippen molar-refractivity contribution in [3.05, 3.63) is 22.3 Å². The number of hydrogen-bond acceptors (Lipinski definition) is 1. The maximum absolute atomic E-state index is 9.00. The first-order valence-corrected chi connectivity index (χ1v) is 0.928. The van der Waals surface area contributed by atoms with Crippen LogP contribution in [-0.4, -0.2) is 11.1 Å². The van der Waals surface area contributed by atoms with E-state index < -0.39 is 5.97 Å². The van der Waals surface area contributed by atoms with Gasteiger partial charge in [0.25, 0.3) is 5.97 Å². The van der Waals surface area contributed by atoms with Crippen LogP contribution in [0.15, 0.2) is 0 Å². The van der Waals surface area contributed by atoms with Crippen molar-refractivity contribution in [3.63, 3.8) is 0 Å². The monoisotopic (exact) mass is 211 g/mol. The maximum Gasteiger partial charge on any atom is 0.300 e. The molecule has 0 aliphatic carbocycles. The summed E-state index contributed by atoms with van der Waals surface area (Å²) in [5.74, 6) is -0.833. The fourth-order valence-electron chi connectivity index (χ4n) is 0. The minimum atomic E-state index is -0.833. The molecule has 0 radical (unpaired) electrons. The molecule has 0 saturated carbocycles. The fraction of sp³-hybridized carbons (Fsp3) is 0.200. The van der Waals surface area contributed by atoms with Gasteiger partial charge in [-0.3, -0.25) is 4.79 Å². The smallest absolute Gasteiger partial charge is 0.300 e.